The molecule has 0 aliphatic rings. The third kappa shape index (κ3) is 3.68. The van der Waals surface area contributed by atoms with Gasteiger partial charge in [-0.2, -0.15) is 0 Å². The van der Waals surface area contributed by atoms with Crippen LogP contribution in [-0.4, -0.2) is 29.3 Å². The molecule has 102 valence electrons. The van der Waals surface area contributed by atoms with E-state index in [9.17, 15) is 0 Å². The summed E-state index contributed by atoms with van der Waals surface area (Å²) in [6.07, 6.45) is 2.55. The van der Waals surface area contributed by atoms with Gasteiger partial charge < -0.3 is 15.2 Å². The molecule has 1 aromatic heterocycles. The van der Waals surface area contributed by atoms with Crippen molar-refractivity contribution in [2.75, 3.05) is 13.7 Å². The number of ether oxygens (including phenoxy) is 1. The molecule has 2 N–H and O–H groups in total. The van der Waals surface area contributed by atoms with E-state index < -0.39 is 0 Å². The van der Waals surface area contributed by atoms with E-state index in [1.807, 2.05) is 20.0 Å². The van der Waals surface area contributed by atoms with Crippen LogP contribution in [0.1, 0.15) is 37.1 Å². The van der Waals surface area contributed by atoms with E-state index in [-0.39, 0.29) is 12.1 Å². The Bertz CT molecular complexity index is 403. The minimum absolute atomic E-state index is 0.0962. The summed E-state index contributed by atoms with van der Waals surface area (Å²) in [6.45, 7) is 9.02. The Kier molecular flexibility index (Phi) is 5.11. The predicted molar refractivity (Wildman–Crippen MR) is 72.9 cm³/mol. The predicted octanol–water partition coefficient (Wildman–Crippen LogP) is 1.96. The number of methoxy groups -OCH3 is 1. The number of nitrogens with one attached hydrogen (secondary N) is 1. The number of pyridine rings is 1. The van der Waals surface area contributed by atoms with Crippen LogP contribution >= 0.6 is 0 Å². The van der Waals surface area contributed by atoms with E-state index in [0.29, 0.717) is 6.54 Å². The summed E-state index contributed by atoms with van der Waals surface area (Å²) >= 11 is 0. The minimum atomic E-state index is -0.0962. The van der Waals surface area contributed by atoms with Crippen molar-refractivity contribution >= 4 is 0 Å². The van der Waals surface area contributed by atoms with Crippen LogP contribution in [0.15, 0.2) is 6.20 Å². The summed E-state index contributed by atoms with van der Waals surface area (Å²) in [5.41, 5.74) is 3.02. The van der Waals surface area contributed by atoms with Gasteiger partial charge in [0, 0.05) is 36.0 Å². The number of nitrogens with zero attached hydrogens (tertiary/aromatic N) is 1. The highest BCUT2D eigenvalue weighted by Crippen LogP contribution is 2.24. The average molecular weight is 252 g/mol. The lowest BCUT2D eigenvalue weighted by Crippen LogP contribution is -2.39. The molecule has 1 aromatic rings. The van der Waals surface area contributed by atoms with Gasteiger partial charge in [0.1, 0.15) is 5.75 Å². The zero-order chi connectivity index (χ0) is 13.8. The fourth-order valence-corrected chi connectivity index (χ4v) is 1.94. The van der Waals surface area contributed by atoms with Gasteiger partial charge in [-0.05, 0) is 34.1 Å². The second kappa shape index (κ2) is 6.16. The highest BCUT2D eigenvalue weighted by molar-refractivity contribution is 5.41. The van der Waals surface area contributed by atoms with Crippen LogP contribution in [-0.2, 0) is 6.54 Å². The van der Waals surface area contributed by atoms with Crippen molar-refractivity contribution in [3.63, 3.8) is 0 Å². The second-order valence-corrected chi connectivity index (χ2v) is 5.26. The third-order valence-corrected chi connectivity index (χ3v) is 3.22. The van der Waals surface area contributed by atoms with E-state index in [0.717, 1.165) is 29.0 Å². The maximum absolute atomic E-state index is 9.00. The van der Waals surface area contributed by atoms with Gasteiger partial charge in [-0.25, -0.2) is 0 Å². The first kappa shape index (κ1) is 14.9. The van der Waals surface area contributed by atoms with Crippen molar-refractivity contribution in [3.05, 3.63) is 23.0 Å². The lowest BCUT2D eigenvalue weighted by molar-refractivity contribution is 0.229. The van der Waals surface area contributed by atoms with Crippen molar-refractivity contribution in [1.29, 1.82) is 0 Å². The summed E-state index contributed by atoms with van der Waals surface area (Å²) in [5, 5.41) is 12.4. The largest absolute Gasteiger partial charge is 0.496 e. The van der Waals surface area contributed by atoms with Crippen molar-refractivity contribution in [1.82, 2.24) is 10.3 Å². The van der Waals surface area contributed by atoms with E-state index in [1.54, 1.807) is 7.11 Å². The molecule has 1 rings (SSSR count). The Morgan fingerprint density at radius 3 is 2.61 bits per heavy atom. The molecule has 0 saturated heterocycles. The highest BCUT2D eigenvalue weighted by Gasteiger charge is 2.17. The van der Waals surface area contributed by atoms with Gasteiger partial charge in [-0.1, -0.05) is 0 Å². The van der Waals surface area contributed by atoms with Crippen LogP contribution in [0.25, 0.3) is 0 Å². The smallest absolute Gasteiger partial charge is 0.128 e. The Morgan fingerprint density at radius 2 is 2.06 bits per heavy atom. The number of hydrogen-bond acceptors (Lipinski definition) is 4. The zero-order valence-corrected chi connectivity index (χ0v) is 12.0. The number of hydrogen-bond donors (Lipinski definition) is 2. The second-order valence-electron chi connectivity index (χ2n) is 5.26. The van der Waals surface area contributed by atoms with E-state index >= 15 is 0 Å². The molecule has 0 aliphatic heterocycles. The Labute approximate surface area is 109 Å². The number of aliphatic hydroxyl groups excluding tert-OH is 1. The summed E-state index contributed by atoms with van der Waals surface area (Å²) < 4.78 is 5.39. The van der Waals surface area contributed by atoms with Gasteiger partial charge in [0.25, 0.3) is 0 Å². The zero-order valence-electron chi connectivity index (χ0n) is 12.0. The molecule has 0 atom stereocenters. The summed E-state index contributed by atoms with van der Waals surface area (Å²) in [5.74, 6) is 0.904. The monoisotopic (exact) mass is 252 g/mol. The highest BCUT2D eigenvalue weighted by atomic mass is 16.5. The fourth-order valence-electron chi connectivity index (χ4n) is 1.94. The van der Waals surface area contributed by atoms with Gasteiger partial charge in [0.05, 0.1) is 12.8 Å². The first-order valence-corrected chi connectivity index (χ1v) is 6.26. The molecule has 1 heterocycles. The van der Waals surface area contributed by atoms with Gasteiger partial charge in [-0.15, -0.1) is 0 Å². The topological polar surface area (TPSA) is 54.4 Å². The minimum Gasteiger partial charge on any atom is -0.496 e. The van der Waals surface area contributed by atoms with Crippen LogP contribution in [0, 0.1) is 13.8 Å². The number of aryl methyl sites for hydroxylation is 1. The third-order valence-electron chi connectivity index (χ3n) is 3.22. The van der Waals surface area contributed by atoms with Crippen LogP contribution in [0.5, 0.6) is 5.75 Å². The summed E-state index contributed by atoms with van der Waals surface area (Å²) in [7, 11) is 1.68. The maximum atomic E-state index is 9.00. The molecule has 0 amide bonds. The number of aromatic nitrogens is 1. The Balaban J connectivity index is 2.80. The first-order chi connectivity index (χ1) is 8.41. The van der Waals surface area contributed by atoms with Crippen LogP contribution < -0.4 is 10.1 Å². The molecule has 0 saturated carbocycles. The molecule has 0 fully saturated rings. The maximum Gasteiger partial charge on any atom is 0.128 e. The molecule has 0 bridgehead atoms. The Hall–Kier alpha value is -1.13. The Morgan fingerprint density at radius 1 is 1.39 bits per heavy atom. The lowest BCUT2D eigenvalue weighted by atomic mass is 10.0. The van der Waals surface area contributed by atoms with Crippen molar-refractivity contribution < 1.29 is 9.84 Å². The van der Waals surface area contributed by atoms with Gasteiger partial charge in [0.15, 0.2) is 0 Å². The molecule has 4 nitrogen and oxygen atoms in total. The van der Waals surface area contributed by atoms with Gasteiger partial charge in [0.2, 0.25) is 0 Å². The number of aliphatic hydroxyl groups is 1. The summed E-state index contributed by atoms with van der Waals surface area (Å²) in [4.78, 5) is 4.44. The molecule has 0 unspecified atom stereocenters. The molecule has 0 aromatic carbocycles. The average Bonchev–Trinajstić information content (AvgIpc) is 2.28. The SMILES string of the molecule is COc1c(C)cnc(CNC(C)(C)CCO)c1C. The molecular formula is C14H24N2O2. The van der Waals surface area contributed by atoms with Gasteiger partial charge >= 0.3 is 0 Å². The van der Waals surface area contributed by atoms with Crippen LogP contribution in [0.2, 0.25) is 0 Å². The molecule has 0 aliphatic carbocycles. The lowest BCUT2D eigenvalue weighted by Gasteiger charge is -2.26. The normalized spacial score (nSPS) is 11.7. The molecule has 4 heteroatoms. The molecular weight excluding hydrogens is 228 g/mol. The van der Waals surface area contributed by atoms with Crippen molar-refractivity contribution in [3.8, 4) is 5.75 Å². The van der Waals surface area contributed by atoms with Crippen LogP contribution in [0.3, 0.4) is 0 Å². The standard InChI is InChI=1S/C14H24N2O2/c1-10-8-15-12(11(2)13(10)18-5)9-16-14(3,4)6-7-17/h8,16-17H,6-7,9H2,1-5H3. The van der Waals surface area contributed by atoms with E-state index in [2.05, 4.69) is 24.1 Å². The molecule has 0 spiro atoms. The first-order valence-electron chi connectivity index (χ1n) is 6.26. The molecule has 18 heavy (non-hydrogen) atoms. The summed E-state index contributed by atoms with van der Waals surface area (Å²) in [6, 6.07) is 0. The fraction of sp³-hybridized carbons (Fsp3) is 0.643. The van der Waals surface area contributed by atoms with Crippen molar-refractivity contribution in [2.45, 2.75) is 46.2 Å². The quantitative estimate of drug-likeness (QED) is 0.812. The van der Waals surface area contributed by atoms with E-state index in [4.69, 9.17) is 9.84 Å². The number of rotatable bonds is 6. The molecule has 0 radical (unpaired) electrons. The van der Waals surface area contributed by atoms with Crippen LogP contribution in [0.4, 0.5) is 0 Å². The van der Waals surface area contributed by atoms with Crippen molar-refractivity contribution in [2.24, 2.45) is 0 Å². The van der Waals surface area contributed by atoms with Gasteiger partial charge in [-0.3, -0.25) is 4.98 Å². The van der Waals surface area contributed by atoms with E-state index in [1.165, 1.54) is 0 Å².